The Balaban J connectivity index is 1.70. The molecule has 6 nitrogen and oxygen atoms in total. The first kappa shape index (κ1) is 14.8. The van der Waals surface area contributed by atoms with Crippen LogP contribution in [0.15, 0.2) is 30.6 Å². The molecular weight excluding hydrogens is 304 g/mol. The van der Waals surface area contributed by atoms with Crippen LogP contribution in [0.1, 0.15) is 40.8 Å². The summed E-state index contributed by atoms with van der Waals surface area (Å²) in [6.45, 7) is 2.73. The van der Waals surface area contributed by atoms with E-state index in [2.05, 4.69) is 15.0 Å². The van der Waals surface area contributed by atoms with Gasteiger partial charge in [0, 0.05) is 35.5 Å². The number of rotatable bonds is 3. The van der Waals surface area contributed by atoms with E-state index in [0.29, 0.717) is 5.56 Å². The Kier molecular flexibility index (Phi) is 3.52. The topological polar surface area (TPSA) is 74.0 Å². The van der Waals surface area contributed by atoms with E-state index in [-0.39, 0.29) is 11.9 Å². The van der Waals surface area contributed by atoms with Gasteiger partial charge in [-0.2, -0.15) is 0 Å². The number of aryl methyl sites for hydroxylation is 1. The lowest BCUT2D eigenvalue weighted by molar-refractivity contribution is 0.0732. The Labute approximate surface area is 139 Å². The zero-order valence-corrected chi connectivity index (χ0v) is 13.8. The molecule has 0 radical (unpaired) electrons. The first-order valence-corrected chi connectivity index (χ1v) is 8.15. The number of aromatic amines is 2. The Hall–Kier alpha value is -2.76. The number of amides is 1. The summed E-state index contributed by atoms with van der Waals surface area (Å²) in [7, 11) is 1.63. The third-order valence-electron chi connectivity index (χ3n) is 4.67. The normalized spacial score (nSPS) is 17.6. The highest BCUT2D eigenvalue weighted by Crippen LogP contribution is 2.33. The third-order valence-corrected chi connectivity index (χ3v) is 4.67. The number of carbonyl (C=O) groups is 1. The van der Waals surface area contributed by atoms with Gasteiger partial charge in [0.15, 0.2) is 0 Å². The summed E-state index contributed by atoms with van der Waals surface area (Å²) < 4.78 is 5.29. The standard InChI is InChI=1S/C18H20N4O2/c1-11-9-20-17(21-11)16-4-3-7-22(16)18(23)14-10-19-15-6-5-12(24-2)8-13(14)15/h5-6,8-10,16,19H,3-4,7H2,1-2H3,(H,20,21). The number of hydrogen-bond donors (Lipinski definition) is 2. The minimum absolute atomic E-state index is 0.0155. The number of methoxy groups -OCH3 is 1. The second kappa shape index (κ2) is 5.70. The molecule has 0 bridgehead atoms. The van der Waals surface area contributed by atoms with E-state index in [1.165, 1.54) is 0 Å². The average molecular weight is 324 g/mol. The van der Waals surface area contributed by atoms with Gasteiger partial charge in [-0.3, -0.25) is 4.79 Å². The molecule has 1 unspecified atom stereocenters. The Morgan fingerprint density at radius 2 is 2.29 bits per heavy atom. The van der Waals surface area contributed by atoms with Gasteiger partial charge < -0.3 is 19.6 Å². The lowest BCUT2D eigenvalue weighted by Crippen LogP contribution is -2.31. The zero-order valence-electron chi connectivity index (χ0n) is 13.8. The van der Waals surface area contributed by atoms with Crippen molar-refractivity contribution in [1.82, 2.24) is 19.9 Å². The van der Waals surface area contributed by atoms with Crippen LogP contribution >= 0.6 is 0 Å². The van der Waals surface area contributed by atoms with Crippen LogP contribution in [-0.2, 0) is 0 Å². The van der Waals surface area contributed by atoms with E-state index in [4.69, 9.17) is 4.74 Å². The molecule has 2 aromatic heterocycles. The lowest BCUT2D eigenvalue weighted by atomic mass is 10.1. The van der Waals surface area contributed by atoms with Gasteiger partial charge in [-0.15, -0.1) is 0 Å². The molecule has 24 heavy (non-hydrogen) atoms. The smallest absolute Gasteiger partial charge is 0.256 e. The summed E-state index contributed by atoms with van der Waals surface area (Å²) in [5.41, 5.74) is 2.63. The summed E-state index contributed by atoms with van der Waals surface area (Å²) in [5, 5.41) is 0.889. The van der Waals surface area contributed by atoms with Crippen LogP contribution in [0, 0.1) is 6.92 Å². The highest BCUT2D eigenvalue weighted by Gasteiger charge is 2.33. The zero-order chi connectivity index (χ0) is 16.7. The van der Waals surface area contributed by atoms with Crippen molar-refractivity contribution in [3.05, 3.63) is 47.7 Å². The molecule has 3 aromatic rings. The van der Waals surface area contributed by atoms with Crippen molar-refractivity contribution in [1.29, 1.82) is 0 Å². The molecule has 1 aliphatic heterocycles. The van der Waals surface area contributed by atoms with Gasteiger partial charge >= 0.3 is 0 Å². The number of hydrogen-bond acceptors (Lipinski definition) is 3. The largest absolute Gasteiger partial charge is 0.497 e. The fourth-order valence-electron chi connectivity index (χ4n) is 3.45. The van der Waals surface area contributed by atoms with Crippen molar-refractivity contribution in [3.63, 3.8) is 0 Å². The summed E-state index contributed by atoms with van der Waals surface area (Å²) in [4.78, 5) is 25.9. The minimum atomic E-state index is 0.0155. The van der Waals surface area contributed by atoms with Crippen molar-refractivity contribution in [3.8, 4) is 5.75 Å². The molecule has 0 aliphatic carbocycles. The predicted molar refractivity (Wildman–Crippen MR) is 91.2 cm³/mol. The molecule has 1 saturated heterocycles. The third kappa shape index (κ3) is 2.35. The van der Waals surface area contributed by atoms with Gasteiger partial charge in [0.05, 0.1) is 18.7 Å². The second-order valence-corrected chi connectivity index (χ2v) is 6.22. The number of benzene rings is 1. The van der Waals surface area contributed by atoms with E-state index in [0.717, 1.165) is 47.6 Å². The number of aromatic nitrogens is 3. The van der Waals surface area contributed by atoms with Gasteiger partial charge in [0.1, 0.15) is 11.6 Å². The van der Waals surface area contributed by atoms with E-state index in [1.807, 2.05) is 36.2 Å². The maximum atomic E-state index is 13.1. The monoisotopic (exact) mass is 324 g/mol. The summed E-state index contributed by atoms with van der Waals surface area (Å²) >= 11 is 0. The Morgan fingerprint density at radius 3 is 3.04 bits per heavy atom. The molecule has 1 aromatic carbocycles. The highest BCUT2D eigenvalue weighted by molar-refractivity contribution is 6.07. The van der Waals surface area contributed by atoms with Gasteiger partial charge in [-0.25, -0.2) is 4.98 Å². The fraction of sp³-hybridized carbons (Fsp3) is 0.333. The van der Waals surface area contributed by atoms with Gasteiger partial charge in [-0.05, 0) is 38.0 Å². The SMILES string of the molecule is COc1ccc2[nH]cc(C(=O)N3CCCC3c3ncc(C)[nH]3)c2c1. The number of fused-ring (bicyclic) bond motifs is 1. The molecule has 1 amide bonds. The number of nitrogens with one attached hydrogen (secondary N) is 2. The van der Waals surface area contributed by atoms with Crippen LogP contribution in [0.3, 0.4) is 0 Å². The van der Waals surface area contributed by atoms with Crippen LogP contribution in [-0.4, -0.2) is 39.4 Å². The Bertz CT molecular complexity index is 895. The summed E-state index contributed by atoms with van der Waals surface area (Å²) in [5.74, 6) is 1.65. The van der Waals surface area contributed by atoms with Gasteiger partial charge in [0.2, 0.25) is 0 Å². The first-order valence-electron chi connectivity index (χ1n) is 8.15. The molecule has 0 spiro atoms. The minimum Gasteiger partial charge on any atom is -0.497 e. The van der Waals surface area contributed by atoms with Crippen LogP contribution < -0.4 is 4.74 Å². The first-order chi connectivity index (χ1) is 11.7. The maximum absolute atomic E-state index is 13.1. The maximum Gasteiger partial charge on any atom is 0.256 e. The lowest BCUT2D eigenvalue weighted by Gasteiger charge is -2.23. The molecule has 3 heterocycles. The molecular formula is C18H20N4O2. The molecule has 1 fully saturated rings. The van der Waals surface area contributed by atoms with E-state index >= 15 is 0 Å². The van der Waals surface area contributed by atoms with E-state index < -0.39 is 0 Å². The fourth-order valence-corrected chi connectivity index (χ4v) is 3.45. The van der Waals surface area contributed by atoms with Crippen molar-refractivity contribution in [2.24, 2.45) is 0 Å². The van der Waals surface area contributed by atoms with Crippen molar-refractivity contribution in [2.45, 2.75) is 25.8 Å². The quantitative estimate of drug-likeness (QED) is 0.777. The molecule has 2 N–H and O–H groups in total. The number of likely N-dealkylation sites (tertiary alicyclic amines) is 1. The number of ether oxygens (including phenoxy) is 1. The van der Waals surface area contributed by atoms with E-state index in [9.17, 15) is 4.79 Å². The average Bonchev–Trinajstić information content (AvgIpc) is 3.32. The molecule has 0 saturated carbocycles. The van der Waals surface area contributed by atoms with Crippen LogP contribution in [0.2, 0.25) is 0 Å². The Morgan fingerprint density at radius 1 is 1.42 bits per heavy atom. The number of H-pyrrole nitrogens is 2. The second-order valence-electron chi connectivity index (χ2n) is 6.22. The van der Waals surface area contributed by atoms with Crippen LogP contribution in [0.5, 0.6) is 5.75 Å². The summed E-state index contributed by atoms with van der Waals surface area (Å²) in [6.07, 6.45) is 5.52. The van der Waals surface area contributed by atoms with Crippen LogP contribution in [0.25, 0.3) is 10.9 Å². The number of imidazole rings is 1. The summed E-state index contributed by atoms with van der Waals surface area (Å²) in [6, 6.07) is 5.74. The van der Waals surface area contributed by atoms with Gasteiger partial charge in [0.25, 0.3) is 5.91 Å². The van der Waals surface area contributed by atoms with Crippen LogP contribution in [0.4, 0.5) is 0 Å². The van der Waals surface area contributed by atoms with Gasteiger partial charge in [-0.1, -0.05) is 0 Å². The molecule has 6 heteroatoms. The van der Waals surface area contributed by atoms with Crippen molar-refractivity contribution < 1.29 is 9.53 Å². The molecule has 1 aliphatic rings. The molecule has 4 rings (SSSR count). The van der Waals surface area contributed by atoms with E-state index in [1.54, 1.807) is 13.3 Å². The molecule has 124 valence electrons. The number of nitrogens with zero attached hydrogens (tertiary/aromatic N) is 2. The molecule has 1 atom stereocenters. The predicted octanol–water partition coefficient (Wildman–Crippen LogP) is 3.19. The van der Waals surface area contributed by atoms with Crippen molar-refractivity contribution >= 4 is 16.8 Å². The van der Waals surface area contributed by atoms with Crippen molar-refractivity contribution in [2.75, 3.05) is 13.7 Å². The highest BCUT2D eigenvalue weighted by atomic mass is 16.5. The number of carbonyl (C=O) groups excluding carboxylic acids is 1.